The van der Waals surface area contributed by atoms with Crippen molar-refractivity contribution in [3.05, 3.63) is 49.8 Å². The molecule has 0 saturated carbocycles. The number of alkyl halides is 3. The highest BCUT2D eigenvalue weighted by Crippen LogP contribution is 2.29. The van der Waals surface area contributed by atoms with Crippen molar-refractivity contribution in [3.8, 4) is 6.07 Å². The van der Waals surface area contributed by atoms with Crippen LogP contribution >= 0.6 is 11.6 Å². The standard InChI is InChI=1S/C15H12ClF3N4O3/c1-22-12(15(17,18)19)7-13(24)23(14(22)25)10-2-3-11(16)9(6-10)8-21-26-5-4-20/h2-3,7-9H,5-6H2,1H3/b21-8+. The van der Waals surface area contributed by atoms with E-state index < -0.39 is 29.0 Å². The Morgan fingerprint density at radius 2 is 2.15 bits per heavy atom. The predicted octanol–water partition coefficient (Wildman–Crippen LogP) is 2.08. The Morgan fingerprint density at radius 1 is 1.46 bits per heavy atom. The molecule has 0 radical (unpaired) electrons. The first-order valence-corrected chi connectivity index (χ1v) is 7.54. The van der Waals surface area contributed by atoms with E-state index in [0.717, 1.165) is 7.05 Å². The third-order valence-corrected chi connectivity index (χ3v) is 3.97. The summed E-state index contributed by atoms with van der Waals surface area (Å²) in [7, 11) is 0.933. The molecule has 1 aliphatic rings. The summed E-state index contributed by atoms with van der Waals surface area (Å²) in [4.78, 5) is 29.0. The number of nitrogens with zero attached hydrogens (tertiary/aromatic N) is 4. The fraction of sp³-hybridized carbons (Fsp3) is 0.333. The van der Waals surface area contributed by atoms with Crippen molar-refractivity contribution in [1.82, 2.24) is 9.13 Å². The smallest absolute Gasteiger partial charge is 0.381 e. The molecule has 7 nitrogen and oxygen atoms in total. The molecule has 0 N–H and O–H groups in total. The van der Waals surface area contributed by atoms with Gasteiger partial charge in [0.05, 0.1) is 6.21 Å². The SMILES string of the molecule is Cn1c(C(F)(F)F)cc(=O)n(C2=CC=C(Cl)C(/C=N/OCC#N)C2)c1=O. The molecule has 1 aromatic heterocycles. The van der Waals surface area contributed by atoms with Crippen LogP contribution in [0.5, 0.6) is 0 Å². The lowest BCUT2D eigenvalue weighted by Gasteiger charge is -2.20. The van der Waals surface area contributed by atoms with Crippen LogP contribution in [0.15, 0.2) is 38.0 Å². The molecule has 138 valence electrons. The largest absolute Gasteiger partial charge is 0.431 e. The number of aromatic nitrogens is 2. The number of rotatable bonds is 4. The molecule has 1 heterocycles. The first kappa shape index (κ1) is 19.5. The average Bonchev–Trinajstić information content (AvgIpc) is 2.56. The molecule has 2 rings (SSSR count). The van der Waals surface area contributed by atoms with Crippen molar-refractivity contribution in [2.75, 3.05) is 6.61 Å². The van der Waals surface area contributed by atoms with Gasteiger partial charge in [0.25, 0.3) is 5.56 Å². The summed E-state index contributed by atoms with van der Waals surface area (Å²) in [5.74, 6) is -0.561. The van der Waals surface area contributed by atoms with Gasteiger partial charge in [0.15, 0.2) is 0 Å². The number of hydrogen-bond acceptors (Lipinski definition) is 5. The lowest BCUT2D eigenvalue weighted by molar-refractivity contribution is -0.144. The van der Waals surface area contributed by atoms with Crippen LogP contribution in [-0.4, -0.2) is 22.0 Å². The topological polar surface area (TPSA) is 89.4 Å². The van der Waals surface area contributed by atoms with Gasteiger partial charge in [-0.2, -0.15) is 18.4 Å². The molecule has 0 bridgehead atoms. The quantitative estimate of drug-likeness (QED) is 0.448. The van der Waals surface area contributed by atoms with Gasteiger partial charge in [-0.1, -0.05) is 16.8 Å². The zero-order chi connectivity index (χ0) is 19.5. The zero-order valence-electron chi connectivity index (χ0n) is 13.3. The first-order chi connectivity index (χ1) is 12.2. The molecule has 0 aromatic carbocycles. The third kappa shape index (κ3) is 4.05. The van der Waals surface area contributed by atoms with E-state index in [0.29, 0.717) is 20.2 Å². The van der Waals surface area contributed by atoms with Crippen LogP contribution in [-0.2, 0) is 18.1 Å². The fourth-order valence-corrected chi connectivity index (χ4v) is 2.52. The molecule has 0 spiro atoms. The van der Waals surface area contributed by atoms with Crippen molar-refractivity contribution in [2.45, 2.75) is 12.6 Å². The van der Waals surface area contributed by atoms with E-state index in [4.69, 9.17) is 16.9 Å². The summed E-state index contributed by atoms with van der Waals surface area (Å²) in [6.07, 6.45) is -0.731. The van der Waals surface area contributed by atoms with E-state index in [-0.39, 0.29) is 18.7 Å². The van der Waals surface area contributed by atoms with E-state index in [1.165, 1.54) is 18.4 Å². The van der Waals surface area contributed by atoms with Gasteiger partial charge in [0.1, 0.15) is 11.8 Å². The normalized spacial score (nSPS) is 17.6. The van der Waals surface area contributed by atoms with Crippen LogP contribution in [0.3, 0.4) is 0 Å². The van der Waals surface area contributed by atoms with Crippen LogP contribution in [0, 0.1) is 17.2 Å². The second-order valence-corrected chi connectivity index (χ2v) is 5.69. The van der Waals surface area contributed by atoms with Gasteiger partial charge < -0.3 is 4.84 Å². The van der Waals surface area contributed by atoms with E-state index >= 15 is 0 Å². The molecule has 1 aliphatic carbocycles. The van der Waals surface area contributed by atoms with Gasteiger partial charge in [-0.3, -0.25) is 9.36 Å². The molecular formula is C15H12ClF3N4O3. The Morgan fingerprint density at radius 3 is 2.77 bits per heavy atom. The van der Waals surface area contributed by atoms with Crippen LogP contribution in [0.1, 0.15) is 12.1 Å². The number of nitriles is 1. The second kappa shape index (κ2) is 7.61. The lowest BCUT2D eigenvalue weighted by Crippen LogP contribution is -2.41. The van der Waals surface area contributed by atoms with E-state index in [9.17, 15) is 22.8 Å². The predicted molar refractivity (Wildman–Crippen MR) is 87.3 cm³/mol. The van der Waals surface area contributed by atoms with Crippen molar-refractivity contribution in [1.29, 1.82) is 5.26 Å². The molecular weight excluding hydrogens is 377 g/mol. The first-order valence-electron chi connectivity index (χ1n) is 7.16. The number of halogens is 4. The number of allylic oxidation sites excluding steroid dienone is 4. The van der Waals surface area contributed by atoms with E-state index in [2.05, 4.69) is 9.99 Å². The van der Waals surface area contributed by atoms with Gasteiger partial charge in [-0.25, -0.2) is 9.36 Å². The van der Waals surface area contributed by atoms with Crippen molar-refractivity contribution < 1.29 is 18.0 Å². The molecule has 1 atom stereocenters. The molecule has 0 saturated heterocycles. The fourth-order valence-electron chi connectivity index (χ4n) is 2.32. The van der Waals surface area contributed by atoms with Crippen molar-refractivity contribution in [2.24, 2.45) is 18.1 Å². The molecule has 0 fully saturated rings. The molecule has 26 heavy (non-hydrogen) atoms. The molecule has 1 unspecified atom stereocenters. The summed E-state index contributed by atoms with van der Waals surface area (Å²) in [5.41, 5.74) is -3.41. The molecule has 0 amide bonds. The number of oxime groups is 1. The Hall–Kier alpha value is -2.80. The summed E-state index contributed by atoms with van der Waals surface area (Å²) in [6, 6.07) is 2.08. The molecule has 1 aromatic rings. The van der Waals surface area contributed by atoms with Gasteiger partial charge in [-0.05, 0) is 12.2 Å². The minimum Gasteiger partial charge on any atom is -0.381 e. The maximum absolute atomic E-state index is 12.9. The summed E-state index contributed by atoms with van der Waals surface area (Å²) in [6.45, 7) is -0.272. The minimum absolute atomic E-state index is 0.0370. The van der Waals surface area contributed by atoms with Crippen LogP contribution in [0.2, 0.25) is 0 Å². The summed E-state index contributed by atoms with van der Waals surface area (Å²) in [5, 5.41) is 12.2. The number of hydrogen-bond donors (Lipinski definition) is 0. The Kier molecular flexibility index (Phi) is 5.72. The molecule has 0 aliphatic heterocycles. The Bertz CT molecular complexity index is 951. The minimum atomic E-state index is -4.83. The summed E-state index contributed by atoms with van der Waals surface area (Å²) < 4.78 is 39.7. The van der Waals surface area contributed by atoms with Gasteiger partial charge in [0, 0.05) is 36.2 Å². The average molecular weight is 389 g/mol. The Balaban J connectivity index is 2.42. The van der Waals surface area contributed by atoms with Crippen LogP contribution < -0.4 is 11.2 Å². The third-order valence-electron chi connectivity index (χ3n) is 3.56. The maximum Gasteiger partial charge on any atom is 0.431 e. The van der Waals surface area contributed by atoms with Gasteiger partial charge in [-0.15, -0.1) is 0 Å². The van der Waals surface area contributed by atoms with Gasteiger partial charge in [0.2, 0.25) is 6.61 Å². The lowest BCUT2D eigenvalue weighted by atomic mass is 9.99. The highest BCUT2D eigenvalue weighted by Gasteiger charge is 2.35. The van der Waals surface area contributed by atoms with Crippen LogP contribution in [0.4, 0.5) is 13.2 Å². The van der Waals surface area contributed by atoms with E-state index in [1.807, 2.05) is 0 Å². The van der Waals surface area contributed by atoms with Crippen molar-refractivity contribution in [3.63, 3.8) is 0 Å². The summed E-state index contributed by atoms with van der Waals surface area (Å²) >= 11 is 6.03. The van der Waals surface area contributed by atoms with Crippen LogP contribution in [0.25, 0.3) is 5.70 Å². The molecule has 11 heteroatoms. The van der Waals surface area contributed by atoms with E-state index in [1.54, 1.807) is 6.07 Å². The monoisotopic (exact) mass is 388 g/mol. The zero-order valence-corrected chi connectivity index (χ0v) is 14.1. The highest BCUT2D eigenvalue weighted by molar-refractivity contribution is 6.31. The Labute approximate surface area is 149 Å². The van der Waals surface area contributed by atoms with Crippen molar-refractivity contribution >= 4 is 23.5 Å². The second-order valence-electron chi connectivity index (χ2n) is 5.25. The van der Waals surface area contributed by atoms with Gasteiger partial charge >= 0.3 is 11.9 Å². The maximum atomic E-state index is 12.9. The highest BCUT2D eigenvalue weighted by atomic mass is 35.5.